The first kappa shape index (κ1) is 21.6. The topological polar surface area (TPSA) is 87.7 Å². The fourth-order valence-electron chi connectivity index (χ4n) is 2.19. The molecule has 2 amide bonds. The number of aliphatic hydroxyl groups is 1. The van der Waals surface area contributed by atoms with Crippen molar-refractivity contribution >= 4 is 23.4 Å². The van der Waals surface area contributed by atoms with Crippen LogP contribution in [0.4, 0.5) is 8.78 Å². The van der Waals surface area contributed by atoms with Gasteiger partial charge in [0.25, 0.3) is 11.8 Å². The van der Waals surface area contributed by atoms with Gasteiger partial charge in [0.2, 0.25) is 0 Å². The van der Waals surface area contributed by atoms with E-state index in [0.717, 1.165) is 6.07 Å². The fourth-order valence-corrected chi connectivity index (χ4v) is 2.31. The second kappa shape index (κ2) is 10.6. The number of ether oxygens (including phenoxy) is 1. The van der Waals surface area contributed by atoms with E-state index in [-0.39, 0.29) is 42.5 Å². The molecule has 2 rings (SSSR count). The molecule has 0 saturated carbocycles. The predicted molar refractivity (Wildman–Crippen MR) is 99.3 cm³/mol. The summed E-state index contributed by atoms with van der Waals surface area (Å²) in [4.78, 5) is 23.5. The average molecular weight is 413 g/mol. The molecule has 0 aliphatic carbocycles. The van der Waals surface area contributed by atoms with Gasteiger partial charge in [0.1, 0.15) is 17.4 Å². The van der Waals surface area contributed by atoms with E-state index in [0.29, 0.717) is 0 Å². The van der Waals surface area contributed by atoms with Gasteiger partial charge in [0.15, 0.2) is 6.61 Å². The van der Waals surface area contributed by atoms with E-state index in [1.807, 2.05) is 0 Å². The summed E-state index contributed by atoms with van der Waals surface area (Å²) in [5.74, 6) is -2.24. The Bertz CT molecular complexity index is 835. The number of aliphatic hydroxyl groups excluding tert-OH is 1. The Morgan fingerprint density at radius 3 is 2.57 bits per heavy atom. The maximum Gasteiger partial charge on any atom is 0.258 e. The Kier molecular flexibility index (Phi) is 8.16. The number of carbonyl (C=O) groups is 2. The highest BCUT2D eigenvalue weighted by atomic mass is 35.5. The molecule has 0 heterocycles. The Morgan fingerprint density at radius 1 is 1.11 bits per heavy atom. The summed E-state index contributed by atoms with van der Waals surface area (Å²) in [5.41, 5.74) is -0.0823. The normalized spacial score (nSPS) is 11.6. The van der Waals surface area contributed by atoms with E-state index in [9.17, 15) is 23.5 Å². The van der Waals surface area contributed by atoms with Crippen LogP contribution in [0.2, 0.25) is 5.02 Å². The van der Waals surface area contributed by atoms with E-state index in [1.165, 1.54) is 30.3 Å². The smallest absolute Gasteiger partial charge is 0.258 e. The van der Waals surface area contributed by atoms with Crippen LogP contribution in [0.15, 0.2) is 42.5 Å². The summed E-state index contributed by atoms with van der Waals surface area (Å²) in [5, 5.41) is 14.7. The van der Waals surface area contributed by atoms with Gasteiger partial charge >= 0.3 is 0 Å². The number of carbonyl (C=O) groups excluding carboxylic acids is 2. The number of hydrogen-bond acceptors (Lipinski definition) is 4. The molecule has 0 radical (unpaired) electrons. The minimum absolute atomic E-state index is 0.0537. The SMILES string of the molecule is O=C(COc1ccc(Cl)c(F)c1)NC[C@@H](O)CCNC(=O)c1ccccc1F. The lowest BCUT2D eigenvalue weighted by atomic mass is 10.2. The van der Waals surface area contributed by atoms with Gasteiger partial charge < -0.3 is 20.5 Å². The van der Waals surface area contributed by atoms with Gasteiger partial charge in [-0.3, -0.25) is 9.59 Å². The number of hydrogen-bond donors (Lipinski definition) is 3. The van der Waals surface area contributed by atoms with Crippen molar-refractivity contribution in [2.45, 2.75) is 12.5 Å². The lowest BCUT2D eigenvalue weighted by Crippen LogP contribution is -2.37. The molecule has 0 aliphatic rings. The summed E-state index contributed by atoms with van der Waals surface area (Å²) >= 11 is 5.55. The summed E-state index contributed by atoms with van der Waals surface area (Å²) in [6.45, 7) is -0.324. The fraction of sp³-hybridized carbons (Fsp3) is 0.263. The minimum Gasteiger partial charge on any atom is -0.484 e. The summed E-state index contributed by atoms with van der Waals surface area (Å²) in [6, 6.07) is 9.35. The lowest BCUT2D eigenvalue weighted by Gasteiger charge is -2.13. The second-order valence-corrected chi connectivity index (χ2v) is 6.25. The van der Waals surface area contributed by atoms with Crippen molar-refractivity contribution in [1.29, 1.82) is 0 Å². The van der Waals surface area contributed by atoms with Gasteiger partial charge in [0, 0.05) is 19.2 Å². The number of nitrogens with one attached hydrogen (secondary N) is 2. The van der Waals surface area contributed by atoms with Crippen molar-refractivity contribution in [3.63, 3.8) is 0 Å². The minimum atomic E-state index is -0.919. The van der Waals surface area contributed by atoms with Crippen LogP contribution in [0.25, 0.3) is 0 Å². The zero-order chi connectivity index (χ0) is 20.5. The number of benzene rings is 2. The molecule has 9 heteroatoms. The Morgan fingerprint density at radius 2 is 1.86 bits per heavy atom. The van der Waals surface area contributed by atoms with Crippen LogP contribution >= 0.6 is 11.6 Å². The molecule has 0 spiro atoms. The van der Waals surface area contributed by atoms with E-state index in [4.69, 9.17) is 16.3 Å². The van der Waals surface area contributed by atoms with Crippen LogP contribution in [0.1, 0.15) is 16.8 Å². The third-order valence-corrected chi connectivity index (χ3v) is 3.98. The molecule has 1 atom stereocenters. The average Bonchev–Trinajstić information content (AvgIpc) is 2.67. The van der Waals surface area contributed by atoms with E-state index < -0.39 is 29.6 Å². The van der Waals surface area contributed by atoms with Crippen LogP contribution in [-0.4, -0.2) is 42.7 Å². The van der Waals surface area contributed by atoms with Crippen molar-refractivity contribution < 1.29 is 28.2 Å². The first-order valence-corrected chi connectivity index (χ1v) is 8.80. The maximum absolute atomic E-state index is 13.5. The van der Waals surface area contributed by atoms with Crippen molar-refractivity contribution in [3.8, 4) is 5.75 Å². The molecule has 28 heavy (non-hydrogen) atoms. The van der Waals surface area contributed by atoms with Crippen LogP contribution < -0.4 is 15.4 Å². The zero-order valence-corrected chi connectivity index (χ0v) is 15.5. The number of halogens is 3. The van der Waals surface area contributed by atoms with Gasteiger partial charge in [-0.15, -0.1) is 0 Å². The Balaban J connectivity index is 1.64. The van der Waals surface area contributed by atoms with Gasteiger partial charge in [-0.25, -0.2) is 8.78 Å². The molecular formula is C19H19ClF2N2O4. The standard InChI is InChI=1S/C19H19ClF2N2O4/c20-15-6-5-13(9-17(15)22)28-11-18(26)24-10-12(25)7-8-23-19(27)14-3-1-2-4-16(14)21/h1-6,9,12,25H,7-8,10-11H2,(H,23,27)(H,24,26)/t12-/m0/s1. The third-order valence-electron chi connectivity index (χ3n) is 3.68. The first-order valence-electron chi connectivity index (χ1n) is 8.42. The molecule has 0 unspecified atom stereocenters. The maximum atomic E-state index is 13.5. The molecule has 0 fully saturated rings. The summed E-state index contributed by atoms with van der Waals surface area (Å²) in [7, 11) is 0. The van der Waals surface area contributed by atoms with E-state index in [2.05, 4.69) is 10.6 Å². The highest BCUT2D eigenvalue weighted by Gasteiger charge is 2.12. The highest BCUT2D eigenvalue weighted by molar-refractivity contribution is 6.30. The highest BCUT2D eigenvalue weighted by Crippen LogP contribution is 2.20. The molecule has 3 N–H and O–H groups in total. The van der Waals surface area contributed by atoms with Crippen LogP contribution in [0.5, 0.6) is 5.75 Å². The first-order chi connectivity index (χ1) is 13.4. The third kappa shape index (κ3) is 6.79. The molecule has 2 aromatic rings. The molecule has 150 valence electrons. The largest absolute Gasteiger partial charge is 0.484 e. The summed E-state index contributed by atoms with van der Waals surface area (Å²) in [6.07, 6.45) is -0.762. The molecular weight excluding hydrogens is 394 g/mol. The quantitative estimate of drug-likeness (QED) is 0.589. The molecule has 0 aromatic heterocycles. The van der Waals surface area contributed by atoms with Crippen molar-refractivity contribution in [2.75, 3.05) is 19.7 Å². The summed E-state index contributed by atoms with van der Waals surface area (Å²) < 4.78 is 31.9. The molecule has 6 nitrogen and oxygen atoms in total. The van der Waals surface area contributed by atoms with Crippen molar-refractivity contribution in [3.05, 3.63) is 64.7 Å². The van der Waals surface area contributed by atoms with Gasteiger partial charge in [-0.05, 0) is 30.7 Å². The lowest BCUT2D eigenvalue weighted by molar-refractivity contribution is -0.123. The van der Waals surface area contributed by atoms with Crippen molar-refractivity contribution in [1.82, 2.24) is 10.6 Å². The Labute approximate surface area is 165 Å². The van der Waals surface area contributed by atoms with Gasteiger partial charge in [0.05, 0.1) is 16.7 Å². The van der Waals surface area contributed by atoms with Crippen LogP contribution in [0, 0.1) is 11.6 Å². The molecule has 2 aromatic carbocycles. The zero-order valence-electron chi connectivity index (χ0n) is 14.8. The van der Waals surface area contributed by atoms with Crippen LogP contribution in [0.3, 0.4) is 0 Å². The molecule has 0 aliphatic heterocycles. The molecule has 0 bridgehead atoms. The monoisotopic (exact) mass is 412 g/mol. The number of amides is 2. The Hall–Kier alpha value is -2.71. The molecule has 0 saturated heterocycles. The van der Waals surface area contributed by atoms with E-state index >= 15 is 0 Å². The van der Waals surface area contributed by atoms with Gasteiger partial charge in [-0.2, -0.15) is 0 Å². The number of rotatable bonds is 9. The van der Waals surface area contributed by atoms with E-state index in [1.54, 1.807) is 6.07 Å². The predicted octanol–water partition coefficient (Wildman–Crippen LogP) is 2.29. The van der Waals surface area contributed by atoms with Gasteiger partial charge in [-0.1, -0.05) is 23.7 Å². The second-order valence-electron chi connectivity index (χ2n) is 5.85. The van der Waals surface area contributed by atoms with Crippen LogP contribution in [-0.2, 0) is 4.79 Å². The van der Waals surface area contributed by atoms with Crippen molar-refractivity contribution in [2.24, 2.45) is 0 Å².